The lowest BCUT2D eigenvalue weighted by Gasteiger charge is -2.37. The van der Waals surface area contributed by atoms with Gasteiger partial charge in [0.15, 0.2) is 0 Å². The number of phenols is 1. The number of hydrogen-bond donors (Lipinski definition) is 2. The van der Waals surface area contributed by atoms with E-state index in [4.69, 9.17) is 5.73 Å². The summed E-state index contributed by atoms with van der Waals surface area (Å²) in [6, 6.07) is 6.06. The molecule has 1 aromatic carbocycles. The number of likely N-dealkylation sites (N-methyl/N-ethyl adjacent to an activating group) is 1. The molecule has 1 fully saturated rings. The molecule has 0 aromatic heterocycles. The number of nitrogens with zero attached hydrogens (tertiary/aromatic N) is 2. The number of anilines is 1. The highest BCUT2D eigenvalue weighted by Gasteiger charge is 2.20. The van der Waals surface area contributed by atoms with Crippen molar-refractivity contribution in [1.29, 1.82) is 0 Å². The van der Waals surface area contributed by atoms with Crippen molar-refractivity contribution >= 4 is 5.69 Å². The first-order chi connectivity index (χ1) is 8.06. The quantitative estimate of drug-likeness (QED) is 0.595. The summed E-state index contributed by atoms with van der Waals surface area (Å²) in [5.74, 6) is 0.167. The monoisotopic (exact) mass is 235 g/mol. The van der Waals surface area contributed by atoms with E-state index >= 15 is 0 Å². The van der Waals surface area contributed by atoms with E-state index in [-0.39, 0.29) is 5.75 Å². The van der Waals surface area contributed by atoms with Crippen LogP contribution in [0.1, 0.15) is 12.5 Å². The minimum absolute atomic E-state index is 0.167. The van der Waals surface area contributed by atoms with Gasteiger partial charge < -0.3 is 15.7 Å². The largest absolute Gasteiger partial charge is 0.506 e. The predicted octanol–water partition coefficient (Wildman–Crippen LogP) is 1.11. The number of aromatic hydroxyl groups is 1. The van der Waals surface area contributed by atoms with Gasteiger partial charge in [0.05, 0.1) is 5.69 Å². The van der Waals surface area contributed by atoms with Crippen molar-refractivity contribution in [2.24, 2.45) is 0 Å². The zero-order valence-electron chi connectivity index (χ0n) is 10.6. The van der Waals surface area contributed by atoms with Crippen LogP contribution in [0.2, 0.25) is 0 Å². The van der Waals surface area contributed by atoms with Crippen molar-refractivity contribution in [3.63, 3.8) is 0 Å². The van der Waals surface area contributed by atoms with Crippen molar-refractivity contribution in [1.82, 2.24) is 9.80 Å². The van der Waals surface area contributed by atoms with Crippen LogP contribution in [0.5, 0.6) is 5.75 Å². The van der Waals surface area contributed by atoms with E-state index in [2.05, 4.69) is 23.8 Å². The van der Waals surface area contributed by atoms with E-state index in [0.29, 0.717) is 11.7 Å². The number of hydrogen-bond acceptors (Lipinski definition) is 4. The van der Waals surface area contributed by atoms with Crippen LogP contribution in [-0.4, -0.2) is 47.6 Å². The molecular weight excluding hydrogens is 214 g/mol. The fourth-order valence-corrected chi connectivity index (χ4v) is 2.23. The Bertz CT molecular complexity index is 394. The van der Waals surface area contributed by atoms with Crippen molar-refractivity contribution in [2.45, 2.75) is 19.5 Å². The summed E-state index contributed by atoms with van der Waals surface area (Å²) in [5.41, 5.74) is 7.32. The van der Waals surface area contributed by atoms with Crippen LogP contribution >= 0.6 is 0 Å². The Hall–Kier alpha value is -1.26. The van der Waals surface area contributed by atoms with Gasteiger partial charge in [-0.1, -0.05) is 6.07 Å². The van der Waals surface area contributed by atoms with E-state index < -0.39 is 0 Å². The fraction of sp³-hybridized carbons (Fsp3) is 0.538. The summed E-state index contributed by atoms with van der Waals surface area (Å²) in [5, 5.41) is 9.38. The lowest BCUT2D eigenvalue weighted by atomic mass is 10.1. The Morgan fingerprint density at radius 2 is 2.18 bits per heavy atom. The van der Waals surface area contributed by atoms with E-state index in [0.717, 1.165) is 31.7 Å². The SMILES string of the molecule is CC1CN(Cc2ccc(O)c(N)c2)CCN1C. The molecule has 0 saturated carbocycles. The van der Waals surface area contributed by atoms with Crippen LogP contribution in [0.3, 0.4) is 0 Å². The second-order valence-corrected chi connectivity index (χ2v) is 4.96. The van der Waals surface area contributed by atoms with E-state index in [1.165, 1.54) is 0 Å². The Morgan fingerprint density at radius 3 is 2.82 bits per heavy atom. The molecule has 4 nitrogen and oxygen atoms in total. The normalized spacial score (nSPS) is 22.8. The number of piperazine rings is 1. The molecule has 1 unspecified atom stereocenters. The van der Waals surface area contributed by atoms with Gasteiger partial charge in [-0.2, -0.15) is 0 Å². The number of phenolic OH excluding ortho intramolecular Hbond substituents is 1. The molecule has 0 spiro atoms. The highest BCUT2D eigenvalue weighted by atomic mass is 16.3. The molecule has 3 N–H and O–H groups in total. The fourth-order valence-electron chi connectivity index (χ4n) is 2.23. The van der Waals surface area contributed by atoms with Crippen LogP contribution in [0.25, 0.3) is 0 Å². The van der Waals surface area contributed by atoms with Crippen molar-refractivity contribution in [3.8, 4) is 5.75 Å². The third-order valence-electron chi connectivity index (χ3n) is 3.54. The van der Waals surface area contributed by atoms with Crippen molar-refractivity contribution in [2.75, 3.05) is 32.4 Å². The maximum Gasteiger partial charge on any atom is 0.138 e. The van der Waals surface area contributed by atoms with E-state index in [9.17, 15) is 5.11 Å². The van der Waals surface area contributed by atoms with Gasteiger partial charge in [0, 0.05) is 32.2 Å². The number of benzene rings is 1. The van der Waals surface area contributed by atoms with Crippen molar-refractivity contribution < 1.29 is 5.11 Å². The first kappa shape index (κ1) is 12.2. The third-order valence-corrected chi connectivity index (χ3v) is 3.54. The maximum absolute atomic E-state index is 9.38. The van der Waals surface area contributed by atoms with E-state index in [1.54, 1.807) is 6.07 Å². The molecular formula is C13H21N3O. The van der Waals surface area contributed by atoms with Crippen LogP contribution < -0.4 is 5.73 Å². The summed E-state index contributed by atoms with van der Waals surface area (Å²) >= 11 is 0. The summed E-state index contributed by atoms with van der Waals surface area (Å²) in [6.45, 7) is 6.42. The topological polar surface area (TPSA) is 52.7 Å². The highest BCUT2D eigenvalue weighted by Crippen LogP contribution is 2.21. The molecule has 1 saturated heterocycles. The molecule has 1 heterocycles. The first-order valence-electron chi connectivity index (χ1n) is 6.06. The lowest BCUT2D eigenvalue weighted by Crippen LogP contribution is -2.49. The van der Waals surface area contributed by atoms with Gasteiger partial charge in [-0.15, -0.1) is 0 Å². The Morgan fingerprint density at radius 1 is 1.41 bits per heavy atom. The second-order valence-electron chi connectivity index (χ2n) is 4.96. The van der Waals surface area contributed by atoms with Crippen LogP contribution in [0, 0.1) is 0 Å². The molecule has 1 aliphatic rings. The molecule has 1 aromatic rings. The standard InChI is InChI=1S/C13H21N3O/c1-10-8-16(6-5-15(10)2)9-11-3-4-13(17)12(14)7-11/h3-4,7,10,17H,5-6,8-9,14H2,1-2H3. The minimum Gasteiger partial charge on any atom is -0.506 e. The summed E-state index contributed by atoms with van der Waals surface area (Å²) in [4.78, 5) is 4.80. The highest BCUT2D eigenvalue weighted by molar-refractivity contribution is 5.53. The number of rotatable bonds is 2. The summed E-state index contributed by atoms with van der Waals surface area (Å²) in [7, 11) is 2.17. The minimum atomic E-state index is 0.167. The number of nitrogen functional groups attached to an aromatic ring is 1. The van der Waals surface area contributed by atoms with Gasteiger partial charge in [-0.25, -0.2) is 0 Å². The molecule has 1 aliphatic heterocycles. The Labute approximate surface area is 103 Å². The molecule has 4 heteroatoms. The third kappa shape index (κ3) is 2.90. The van der Waals surface area contributed by atoms with Gasteiger partial charge in [0.2, 0.25) is 0 Å². The van der Waals surface area contributed by atoms with Crippen LogP contribution in [0.4, 0.5) is 5.69 Å². The van der Waals surface area contributed by atoms with Crippen molar-refractivity contribution in [3.05, 3.63) is 23.8 Å². The first-order valence-corrected chi connectivity index (χ1v) is 6.06. The van der Waals surface area contributed by atoms with Gasteiger partial charge >= 0.3 is 0 Å². The maximum atomic E-state index is 9.38. The van der Waals surface area contributed by atoms with Crippen LogP contribution in [-0.2, 0) is 6.54 Å². The van der Waals surface area contributed by atoms with Gasteiger partial charge in [-0.3, -0.25) is 4.90 Å². The molecule has 17 heavy (non-hydrogen) atoms. The van der Waals surface area contributed by atoms with Gasteiger partial charge in [-0.05, 0) is 31.7 Å². The predicted molar refractivity (Wildman–Crippen MR) is 69.9 cm³/mol. The van der Waals surface area contributed by atoms with Gasteiger partial charge in [0.1, 0.15) is 5.75 Å². The zero-order chi connectivity index (χ0) is 12.4. The average molecular weight is 235 g/mol. The molecule has 1 atom stereocenters. The molecule has 0 amide bonds. The number of nitrogens with two attached hydrogens (primary N) is 1. The molecule has 0 bridgehead atoms. The molecule has 2 rings (SSSR count). The van der Waals surface area contributed by atoms with Crippen LogP contribution in [0.15, 0.2) is 18.2 Å². The smallest absolute Gasteiger partial charge is 0.138 e. The molecule has 94 valence electrons. The lowest BCUT2D eigenvalue weighted by molar-refractivity contribution is 0.1000. The Kier molecular flexibility index (Phi) is 3.54. The Balaban J connectivity index is 1.99. The molecule has 0 aliphatic carbocycles. The molecule has 0 radical (unpaired) electrons. The van der Waals surface area contributed by atoms with E-state index in [1.807, 2.05) is 12.1 Å². The summed E-state index contributed by atoms with van der Waals surface area (Å²) < 4.78 is 0. The van der Waals surface area contributed by atoms with Gasteiger partial charge in [0.25, 0.3) is 0 Å². The zero-order valence-corrected chi connectivity index (χ0v) is 10.6. The second kappa shape index (κ2) is 4.94. The average Bonchev–Trinajstić information content (AvgIpc) is 2.29. The summed E-state index contributed by atoms with van der Waals surface area (Å²) in [6.07, 6.45) is 0.